The number of nitrogens with zero attached hydrogens (tertiary/aromatic N) is 4. The van der Waals surface area contributed by atoms with E-state index in [4.69, 9.17) is 14.5 Å². The van der Waals surface area contributed by atoms with Gasteiger partial charge >= 0.3 is 0 Å². The van der Waals surface area contributed by atoms with Crippen LogP contribution in [0.15, 0.2) is 55.0 Å². The molecule has 0 aliphatic carbocycles. The monoisotopic (exact) mass is 390 g/mol. The van der Waals surface area contributed by atoms with Crippen molar-refractivity contribution in [3.8, 4) is 0 Å². The Morgan fingerprint density at radius 3 is 2.72 bits per heavy atom. The Morgan fingerprint density at radius 1 is 0.931 bits per heavy atom. The van der Waals surface area contributed by atoms with Crippen LogP contribution >= 0.6 is 0 Å². The van der Waals surface area contributed by atoms with E-state index < -0.39 is 0 Å². The van der Waals surface area contributed by atoms with Gasteiger partial charge in [0.25, 0.3) is 0 Å². The number of rotatable bonds is 10. The minimum Gasteiger partial charge on any atom is -0.384 e. The second-order valence-electron chi connectivity index (χ2n) is 7.01. The van der Waals surface area contributed by atoms with Gasteiger partial charge in [0.1, 0.15) is 11.3 Å². The first-order valence-electron chi connectivity index (χ1n) is 10.1. The highest BCUT2D eigenvalue weighted by Gasteiger charge is 2.14. The number of aromatic nitrogens is 4. The predicted octanol–water partition coefficient (Wildman–Crippen LogP) is 3.82. The third-order valence-corrected chi connectivity index (χ3v) is 5.02. The molecule has 6 nitrogen and oxygen atoms in total. The third kappa shape index (κ3) is 4.60. The summed E-state index contributed by atoms with van der Waals surface area (Å²) in [5, 5.41) is 1.12. The Kier molecular flexibility index (Phi) is 6.44. The Labute approximate surface area is 170 Å². The predicted molar refractivity (Wildman–Crippen MR) is 114 cm³/mol. The average molecular weight is 390 g/mol. The molecule has 0 saturated heterocycles. The standard InChI is InChI=1S/C23H26N4O2/c1-28-14-10-22-26-21-17-25-20-9-3-2-8-19(20)23(21)27(22)12-15-29-13-5-7-18-6-4-11-24-16-18/h2-4,6,8-9,11,16-17H,5,7,10,12-15H2,1H3. The Hall–Kier alpha value is -2.83. The van der Waals surface area contributed by atoms with Gasteiger partial charge in [-0.2, -0.15) is 0 Å². The maximum absolute atomic E-state index is 5.93. The SMILES string of the molecule is COCCc1nc2cnc3ccccc3c2n1CCOCCCc1cccnc1. The molecule has 0 aliphatic rings. The fraction of sp³-hybridized carbons (Fsp3) is 0.348. The largest absolute Gasteiger partial charge is 0.384 e. The van der Waals surface area contributed by atoms with E-state index >= 15 is 0 Å². The summed E-state index contributed by atoms with van der Waals surface area (Å²) >= 11 is 0. The zero-order chi connectivity index (χ0) is 19.9. The summed E-state index contributed by atoms with van der Waals surface area (Å²) < 4.78 is 13.5. The maximum Gasteiger partial charge on any atom is 0.112 e. The number of methoxy groups -OCH3 is 1. The minimum absolute atomic E-state index is 0.640. The number of benzene rings is 1. The zero-order valence-electron chi connectivity index (χ0n) is 16.8. The van der Waals surface area contributed by atoms with Crippen molar-refractivity contribution in [2.75, 3.05) is 26.9 Å². The van der Waals surface area contributed by atoms with Crippen LogP contribution in [0, 0.1) is 0 Å². The van der Waals surface area contributed by atoms with Gasteiger partial charge < -0.3 is 14.0 Å². The van der Waals surface area contributed by atoms with E-state index in [0.717, 1.165) is 60.2 Å². The number of hydrogen-bond acceptors (Lipinski definition) is 5. The molecular formula is C23H26N4O2. The summed E-state index contributed by atoms with van der Waals surface area (Å²) in [5.74, 6) is 1.01. The Balaban J connectivity index is 1.45. The van der Waals surface area contributed by atoms with Crippen molar-refractivity contribution in [2.45, 2.75) is 25.8 Å². The molecule has 29 heavy (non-hydrogen) atoms. The van der Waals surface area contributed by atoms with Gasteiger partial charge in [-0.3, -0.25) is 9.97 Å². The van der Waals surface area contributed by atoms with Crippen LogP contribution in [-0.4, -0.2) is 46.4 Å². The molecule has 0 unspecified atom stereocenters. The van der Waals surface area contributed by atoms with Crippen LogP contribution in [0.4, 0.5) is 0 Å². The molecule has 1 aromatic carbocycles. The molecule has 0 saturated carbocycles. The molecule has 150 valence electrons. The van der Waals surface area contributed by atoms with Crippen molar-refractivity contribution in [3.05, 3.63) is 66.4 Å². The fourth-order valence-electron chi connectivity index (χ4n) is 3.62. The number of aryl methyl sites for hydroxylation is 1. The molecule has 4 rings (SSSR count). The average Bonchev–Trinajstić information content (AvgIpc) is 3.13. The lowest BCUT2D eigenvalue weighted by Gasteiger charge is -2.11. The van der Waals surface area contributed by atoms with E-state index in [0.29, 0.717) is 13.2 Å². The molecule has 0 bridgehead atoms. The Bertz CT molecular complexity index is 1060. The van der Waals surface area contributed by atoms with Gasteiger partial charge in [0.2, 0.25) is 0 Å². The quantitative estimate of drug-likeness (QED) is 0.385. The first-order chi connectivity index (χ1) is 14.4. The third-order valence-electron chi connectivity index (χ3n) is 5.02. The first kappa shape index (κ1) is 19.5. The smallest absolute Gasteiger partial charge is 0.112 e. The van der Waals surface area contributed by atoms with Crippen LogP contribution in [0.2, 0.25) is 0 Å². The second kappa shape index (κ2) is 9.58. The summed E-state index contributed by atoms with van der Waals surface area (Å²) in [7, 11) is 1.72. The van der Waals surface area contributed by atoms with Crippen molar-refractivity contribution in [2.24, 2.45) is 0 Å². The highest BCUT2D eigenvalue weighted by molar-refractivity contribution is 6.02. The van der Waals surface area contributed by atoms with Gasteiger partial charge in [0, 0.05) is 44.5 Å². The molecule has 0 fully saturated rings. The number of ether oxygens (including phenoxy) is 2. The molecule has 0 radical (unpaired) electrons. The summed E-state index contributed by atoms with van der Waals surface area (Å²) in [4.78, 5) is 13.5. The van der Waals surface area contributed by atoms with Gasteiger partial charge in [-0.1, -0.05) is 24.3 Å². The molecule has 3 aromatic heterocycles. The first-order valence-corrected chi connectivity index (χ1v) is 10.1. The van der Waals surface area contributed by atoms with Crippen LogP contribution in [0.25, 0.3) is 21.9 Å². The highest BCUT2D eigenvalue weighted by Crippen LogP contribution is 2.25. The molecule has 0 spiro atoms. The summed E-state index contributed by atoms with van der Waals surface area (Å²) in [6.45, 7) is 2.78. The number of para-hydroxylation sites is 1. The molecule has 3 heterocycles. The van der Waals surface area contributed by atoms with Gasteiger partial charge in [0.05, 0.1) is 30.4 Å². The molecule has 0 N–H and O–H groups in total. The summed E-state index contributed by atoms with van der Waals surface area (Å²) in [5.41, 5.74) is 4.28. The van der Waals surface area contributed by atoms with Crippen LogP contribution in [0.5, 0.6) is 0 Å². The molecule has 4 aromatic rings. The van der Waals surface area contributed by atoms with Gasteiger partial charge in [-0.05, 0) is 30.5 Å². The van der Waals surface area contributed by atoms with Crippen molar-refractivity contribution < 1.29 is 9.47 Å². The fourth-order valence-corrected chi connectivity index (χ4v) is 3.62. The minimum atomic E-state index is 0.640. The second-order valence-corrected chi connectivity index (χ2v) is 7.01. The van der Waals surface area contributed by atoms with Crippen molar-refractivity contribution in [3.63, 3.8) is 0 Å². The van der Waals surface area contributed by atoms with E-state index in [2.05, 4.69) is 26.7 Å². The zero-order valence-corrected chi connectivity index (χ0v) is 16.8. The lowest BCUT2D eigenvalue weighted by Crippen LogP contribution is -2.12. The number of pyridine rings is 2. The van der Waals surface area contributed by atoms with Crippen LogP contribution in [0.1, 0.15) is 17.8 Å². The van der Waals surface area contributed by atoms with Gasteiger partial charge in [-0.15, -0.1) is 0 Å². The number of imidazole rings is 1. The van der Waals surface area contributed by atoms with Crippen molar-refractivity contribution >= 4 is 21.9 Å². The number of fused-ring (bicyclic) bond motifs is 3. The number of hydrogen-bond donors (Lipinski definition) is 0. The lowest BCUT2D eigenvalue weighted by atomic mass is 10.2. The lowest BCUT2D eigenvalue weighted by molar-refractivity contribution is 0.124. The normalized spacial score (nSPS) is 11.5. The molecule has 0 atom stereocenters. The highest BCUT2D eigenvalue weighted by atomic mass is 16.5. The van der Waals surface area contributed by atoms with Crippen LogP contribution in [0.3, 0.4) is 0 Å². The van der Waals surface area contributed by atoms with E-state index in [9.17, 15) is 0 Å². The summed E-state index contributed by atoms with van der Waals surface area (Å²) in [6.07, 6.45) is 8.31. The van der Waals surface area contributed by atoms with E-state index in [1.807, 2.05) is 36.7 Å². The molecule has 0 aliphatic heterocycles. The topological polar surface area (TPSA) is 62.1 Å². The molecule has 0 amide bonds. The van der Waals surface area contributed by atoms with Gasteiger partial charge in [-0.25, -0.2) is 4.98 Å². The van der Waals surface area contributed by atoms with Crippen molar-refractivity contribution in [1.29, 1.82) is 0 Å². The molecular weight excluding hydrogens is 364 g/mol. The maximum atomic E-state index is 5.93. The van der Waals surface area contributed by atoms with Crippen molar-refractivity contribution in [1.82, 2.24) is 19.5 Å². The molecule has 6 heteroatoms. The van der Waals surface area contributed by atoms with E-state index in [-0.39, 0.29) is 0 Å². The van der Waals surface area contributed by atoms with Crippen LogP contribution in [-0.2, 0) is 28.9 Å². The van der Waals surface area contributed by atoms with E-state index in [1.54, 1.807) is 13.3 Å². The van der Waals surface area contributed by atoms with Crippen LogP contribution < -0.4 is 0 Å². The Morgan fingerprint density at radius 2 is 1.86 bits per heavy atom. The van der Waals surface area contributed by atoms with Gasteiger partial charge in [0.15, 0.2) is 0 Å². The summed E-state index contributed by atoms with van der Waals surface area (Å²) in [6, 6.07) is 12.3. The van der Waals surface area contributed by atoms with E-state index in [1.165, 1.54) is 5.56 Å².